The Labute approximate surface area is 156 Å². The molecule has 25 heavy (non-hydrogen) atoms. The van der Waals surface area contributed by atoms with Crippen molar-refractivity contribution in [1.29, 1.82) is 0 Å². The molecular formula is C20H27ClN2O2. The van der Waals surface area contributed by atoms with Crippen molar-refractivity contribution >= 4 is 24.0 Å². The molecule has 0 fully saturated rings. The SMILES string of the molecule is Cc1ccc(C(C)C)c(OCc2ccc(NC(=O)CCN)cc2)c1.Cl. The van der Waals surface area contributed by atoms with Gasteiger partial charge in [-0.1, -0.05) is 38.1 Å². The number of benzene rings is 2. The fourth-order valence-electron chi connectivity index (χ4n) is 2.44. The summed E-state index contributed by atoms with van der Waals surface area (Å²) in [5.41, 5.74) is 9.60. The van der Waals surface area contributed by atoms with Gasteiger partial charge < -0.3 is 15.8 Å². The Morgan fingerprint density at radius 2 is 1.84 bits per heavy atom. The summed E-state index contributed by atoms with van der Waals surface area (Å²) >= 11 is 0. The number of amides is 1. The summed E-state index contributed by atoms with van der Waals surface area (Å²) in [5, 5.41) is 2.82. The highest BCUT2D eigenvalue weighted by Gasteiger charge is 2.08. The maximum absolute atomic E-state index is 11.5. The first-order valence-corrected chi connectivity index (χ1v) is 8.32. The Morgan fingerprint density at radius 1 is 1.16 bits per heavy atom. The maximum atomic E-state index is 11.5. The van der Waals surface area contributed by atoms with Crippen molar-refractivity contribution in [3.05, 3.63) is 59.2 Å². The largest absolute Gasteiger partial charge is 0.489 e. The van der Waals surface area contributed by atoms with Crippen LogP contribution in [0, 0.1) is 6.92 Å². The molecule has 0 spiro atoms. The number of carbonyl (C=O) groups excluding carboxylic acids is 1. The van der Waals surface area contributed by atoms with Gasteiger partial charge in [0.05, 0.1) is 0 Å². The number of halogens is 1. The fourth-order valence-corrected chi connectivity index (χ4v) is 2.44. The van der Waals surface area contributed by atoms with Gasteiger partial charge in [-0.2, -0.15) is 0 Å². The molecular weight excluding hydrogens is 336 g/mol. The summed E-state index contributed by atoms with van der Waals surface area (Å²) in [7, 11) is 0. The number of anilines is 1. The lowest BCUT2D eigenvalue weighted by Gasteiger charge is -2.15. The van der Waals surface area contributed by atoms with Crippen molar-refractivity contribution in [2.75, 3.05) is 11.9 Å². The quantitative estimate of drug-likeness (QED) is 0.766. The molecule has 0 saturated heterocycles. The highest BCUT2D eigenvalue weighted by molar-refractivity contribution is 5.90. The number of nitrogens with one attached hydrogen (secondary N) is 1. The molecule has 0 heterocycles. The van der Waals surface area contributed by atoms with Gasteiger partial charge >= 0.3 is 0 Å². The van der Waals surface area contributed by atoms with Gasteiger partial charge in [0.15, 0.2) is 0 Å². The van der Waals surface area contributed by atoms with Crippen molar-refractivity contribution in [2.45, 2.75) is 39.7 Å². The van der Waals surface area contributed by atoms with Crippen LogP contribution in [0.3, 0.4) is 0 Å². The van der Waals surface area contributed by atoms with Gasteiger partial charge in [-0.15, -0.1) is 12.4 Å². The van der Waals surface area contributed by atoms with E-state index in [4.69, 9.17) is 10.5 Å². The van der Waals surface area contributed by atoms with Gasteiger partial charge in [0.1, 0.15) is 12.4 Å². The minimum atomic E-state index is -0.0668. The molecule has 136 valence electrons. The number of aryl methyl sites for hydroxylation is 1. The van der Waals surface area contributed by atoms with Gasteiger partial charge in [0.25, 0.3) is 0 Å². The molecule has 0 radical (unpaired) electrons. The Kier molecular flexibility index (Phi) is 8.46. The predicted molar refractivity (Wildman–Crippen MR) is 106 cm³/mol. The maximum Gasteiger partial charge on any atom is 0.225 e. The molecule has 2 aromatic carbocycles. The third-order valence-corrected chi connectivity index (χ3v) is 3.79. The molecule has 5 heteroatoms. The summed E-state index contributed by atoms with van der Waals surface area (Å²) in [6.45, 7) is 7.25. The number of hydrogen-bond acceptors (Lipinski definition) is 3. The molecule has 0 aromatic heterocycles. The summed E-state index contributed by atoms with van der Waals surface area (Å²) < 4.78 is 6.02. The topological polar surface area (TPSA) is 64.3 Å². The van der Waals surface area contributed by atoms with Crippen LogP contribution in [0.4, 0.5) is 5.69 Å². The number of nitrogens with two attached hydrogens (primary N) is 1. The standard InChI is InChI=1S/C20H26N2O2.ClH/c1-14(2)18-9-4-15(3)12-19(18)24-13-16-5-7-17(8-6-16)22-20(23)10-11-21;/h4-9,12,14H,10-11,13,21H2,1-3H3,(H,22,23);1H. The van der Waals surface area contributed by atoms with E-state index < -0.39 is 0 Å². The minimum Gasteiger partial charge on any atom is -0.489 e. The Balaban J connectivity index is 0.00000312. The first-order valence-electron chi connectivity index (χ1n) is 8.32. The van der Waals surface area contributed by atoms with E-state index in [2.05, 4.69) is 44.3 Å². The second-order valence-corrected chi connectivity index (χ2v) is 6.27. The predicted octanol–water partition coefficient (Wildman–Crippen LogP) is 4.41. The second-order valence-electron chi connectivity index (χ2n) is 6.27. The number of hydrogen-bond donors (Lipinski definition) is 2. The number of ether oxygens (including phenoxy) is 1. The lowest BCUT2D eigenvalue weighted by molar-refractivity contribution is -0.116. The summed E-state index contributed by atoms with van der Waals surface area (Å²) in [4.78, 5) is 11.5. The van der Waals surface area contributed by atoms with Crippen LogP contribution in [0.25, 0.3) is 0 Å². The number of carbonyl (C=O) groups is 1. The molecule has 0 saturated carbocycles. The van der Waals surface area contributed by atoms with E-state index in [0.29, 0.717) is 25.5 Å². The van der Waals surface area contributed by atoms with Gasteiger partial charge in [-0.05, 0) is 47.7 Å². The van der Waals surface area contributed by atoms with Crippen LogP contribution >= 0.6 is 12.4 Å². The van der Waals surface area contributed by atoms with Crippen molar-refractivity contribution in [1.82, 2.24) is 0 Å². The molecule has 0 aliphatic carbocycles. The summed E-state index contributed by atoms with van der Waals surface area (Å²) in [6.07, 6.45) is 0.330. The highest BCUT2D eigenvalue weighted by atomic mass is 35.5. The highest BCUT2D eigenvalue weighted by Crippen LogP contribution is 2.28. The molecule has 3 N–H and O–H groups in total. The average molecular weight is 363 g/mol. The molecule has 0 atom stereocenters. The Morgan fingerprint density at radius 3 is 2.44 bits per heavy atom. The van der Waals surface area contributed by atoms with E-state index in [1.807, 2.05) is 24.3 Å². The van der Waals surface area contributed by atoms with Crippen LogP contribution < -0.4 is 15.8 Å². The first-order chi connectivity index (χ1) is 11.5. The third kappa shape index (κ3) is 6.40. The van der Waals surface area contributed by atoms with Crippen LogP contribution in [0.2, 0.25) is 0 Å². The Bertz CT molecular complexity index is 685. The molecule has 2 aromatic rings. The van der Waals surface area contributed by atoms with E-state index in [-0.39, 0.29) is 18.3 Å². The summed E-state index contributed by atoms with van der Waals surface area (Å²) in [6, 6.07) is 14.0. The summed E-state index contributed by atoms with van der Waals surface area (Å²) in [5.74, 6) is 1.29. The third-order valence-electron chi connectivity index (χ3n) is 3.79. The lowest BCUT2D eigenvalue weighted by atomic mass is 10.0. The average Bonchev–Trinajstić information content (AvgIpc) is 2.54. The van der Waals surface area contributed by atoms with E-state index >= 15 is 0 Å². The van der Waals surface area contributed by atoms with Crippen LogP contribution in [0.15, 0.2) is 42.5 Å². The van der Waals surface area contributed by atoms with E-state index in [9.17, 15) is 4.79 Å². The molecule has 0 bridgehead atoms. The Hall–Kier alpha value is -2.04. The van der Waals surface area contributed by atoms with E-state index in [0.717, 1.165) is 17.0 Å². The zero-order valence-corrected chi connectivity index (χ0v) is 15.9. The fraction of sp³-hybridized carbons (Fsp3) is 0.350. The molecule has 0 aliphatic rings. The normalized spacial score (nSPS) is 10.3. The van der Waals surface area contributed by atoms with Crippen molar-refractivity contribution < 1.29 is 9.53 Å². The molecule has 0 unspecified atom stereocenters. The van der Waals surface area contributed by atoms with Gasteiger partial charge in [-0.25, -0.2) is 0 Å². The molecule has 2 rings (SSSR count). The van der Waals surface area contributed by atoms with Crippen molar-refractivity contribution in [2.24, 2.45) is 5.73 Å². The zero-order valence-electron chi connectivity index (χ0n) is 15.0. The zero-order chi connectivity index (χ0) is 17.5. The first kappa shape index (κ1) is 21.0. The van der Waals surface area contributed by atoms with Gasteiger partial charge in [0.2, 0.25) is 5.91 Å². The minimum absolute atomic E-state index is 0. The van der Waals surface area contributed by atoms with Gasteiger partial charge in [-0.3, -0.25) is 4.79 Å². The molecule has 1 amide bonds. The van der Waals surface area contributed by atoms with Gasteiger partial charge in [0, 0.05) is 18.7 Å². The van der Waals surface area contributed by atoms with Crippen LogP contribution in [0.1, 0.15) is 42.9 Å². The van der Waals surface area contributed by atoms with E-state index in [1.165, 1.54) is 11.1 Å². The second kappa shape index (κ2) is 10.1. The van der Waals surface area contributed by atoms with Crippen LogP contribution in [-0.2, 0) is 11.4 Å². The van der Waals surface area contributed by atoms with Crippen molar-refractivity contribution in [3.8, 4) is 5.75 Å². The van der Waals surface area contributed by atoms with Crippen LogP contribution in [0.5, 0.6) is 5.75 Å². The van der Waals surface area contributed by atoms with Crippen LogP contribution in [-0.4, -0.2) is 12.5 Å². The monoisotopic (exact) mass is 362 g/mol. The molecule has 4 nitrogen and oxygen atoms in total. The van der Waals surface area contributed by atoms with E-state index in [1.54, 1.807) is 0 Å². The lowest BCUT2D eigenvalue weighted by Crippen LogP contribution is -2.16. The van der Waals surface area contributed by atoms with Crippen molar-refractivity contribution in [3.63, 3.8) is 0 Å². The smallest absolute Gasteiger partial charge is 0.225 e. The molecule has 0 aliphatic heterocycles. The number of rotatable bonds is 7.